The van der Waals surface area contributed by atoms with Gasteiger partial charge in [-0.05, 0) is 67.3 Å². The minimum Gasteiger partial charge on any atom is -0.489 e. The summed E-state index contributed by atoms with van der Waals surface area (Å²) in [5.41, 5.74) is 3.14. The minimum atomic E-state index is 0.100. The van der Waals surface area contributed by atoms with E-state index in [1.54, 1.807) is 0 Å². The Morgan fingerprint density at radius 2 is 1.70 bits per heavy atom. The number of ether oxygens (including phenoxy) is 1. The van der Waals surface area contributed by atoms with Crippen molar-refractivity contribution in [3.8, 4) is 5.75 Å². The lowest BCUT2D eigenvalue weighted by Gasteiger charge is -2.39. The van der Waals surface area contributed by atoms with E-state index >= 15 is 0 Å². The van der Waals surface area contributed by atoms with Gasteiger partial charge >= 0.3 is 0 Å². The van der Waals surface area contributed by atoms with Gasteiger partial charge in [0, 0.05) is 41.1 Å². The molecule has 0 spiro atoms. The number of piperidine rings is 1. The van der Waals surface area contributed by atoms with Crippen LogP contribution in [0.2, 0.25) is 5.02 Å². The Morgan fingerprint density at radius 3 is 2.39 bits per heavy atom. The van der Waals surface area contributed by atoms with Crippen LogP contribution in [0.15, 0.2) is 77.7 Å². The Balaban J connectivity index is 1.21. The topological polar surface area (TPSA) is 29.5 Å². The molecular formula is C28H28ClNO2S. The molecule has 2 atom stereocenters. The smallest absolute Gasteiger partial charge is 0.254 e. The zero-order chi connectivity index (χ0) is 22.8. The first kappa shape index (κ1) is 22.4. The lowest BCUT2D eigenvalue weighted by molar-refractivity contribution is 0.0359. The van der Waals surface area contributed by atoms with E-state index in [0.717, 1.165) is 48.3 Å². The van der Waals surface area contributed by atoms with Crippen LogP contribution in [0.3, 0.4) is 0 Å². The van der Waals surface area contributed by atoms with Gasteiger partial charge in [-0.1, -0.05) is 48.0 Å². The van der Waals surface area contributed by atoms with E-state index in [1.165, 1.54) is 10.5 Å². The molecule has 3 aromatic carbocycles. The van der Waals surface area contributed by atoms with Crippen LogP contribution in [0.25, 0.3) is 0 Å². The monoisotopic (exact) mass is 477 g/mol. The maximum absolute atomic E-state index is 13.4. The minimum absolute atomic E-state index is 0.100. The van der Waals surface area contributed by atoms with Gasteiger partial charge in [0.15, 0.2) is 0 Å². The Labute approximate surface area is 205 Å². The van der Waals surface area contributed by atoms with Gasteiger partial charge in [0.1, 0.15) is 11.9 Å². The van der Waals surface area contributed by atoms with Gasteiger partial charge in [-0.3, -0.25) is 4.79 Å². The van der Waals surface area contributed by atoms with Crippen LogP contribution >= 0.6 is 23.4 Å². The Bertz CT molecular complexity index is 1100. The number of aryl methyl sites for hydroxylation is 1. The fourth-order valence-electron chi connectivity index (χ4n) is 5.01. The molecule has 5 heteroatoms. The molecule has 2 bridgehead atoms. The van der Waals surface area contributed by atoms with Crippen molar-refractivity contribution in [3.05, 3.63) is 94.5 Å². The highest BCUT2D eigenvalue weighted by atomic mass is 35.5. The number of hydrogen-bond donors (Lipinski definition) is 0. The van der Waals surface area contributed by atoms with Crippen molar-refractivity contribution in [3.63, 3.8) is 0 Å². The standard InChI is InChI=1S/C28H28ClNO2S/c1-19-7-14-26(29)27(15-19)32-24-16-22-12-13-23(17-24)30(22)28(31)21-10-8-20(9-11-21)18-33-25-5-3-2-4-6-25/h2-11,14-15,22-24H,12-13,16-18H2,1H3. The molecule has 33 heavy (non-hydrogen) atoms. The van der Waals surface area contributed by atoms with Gasteiger partial charge in [0.05, 0.1) is 5.02 Å². The predicted octanol–water partition coefficient (Wildman–Crippen LogP) is 7.16. The molecule has 3 aromatic rings. The summed E-state index contributed by atoms with van der Waals surface area (Å²) in [5.74, 6) is 1.80. The Morgan fingerprint density at radius 1 is 1.00 bits per heavy atom. The third kappa shape index (κ3) is 5.07. The first-order valence-corrected chi connectivity index (χ1v) is 13.0. The van der Waals surface area contributed by atoms with Crippen LogP contribution in [-0.2, 0) is 5.75 Å². The highest BCUT2D eigenvalue weighted by molar-refractivity contribution is 7.98. The van der Waals surface area contributed by atoms with E-state index in [0.29, 0.717) is 5.02 Å². The summed E-state index contributed by atoms with van der Waals surface area (Å²) in [6.07, 6.45) is 3.91. The Kier molecular flexibility index (Phi) is 6.66. The summed E-state index contributed by atoms with van der Waals surface area (Å²) in [6.45, 7) is 2.04. The van der Waals surface area contributed by atoms with Gasteiger partial charge in [-0.25, -0.2) is 0 Å². The van der Waals surface area contributed by atoms with Gasteiger partial charge in [0.2, 0.25) is 0 Å². The fraction of sp³-hybridized carbons (Fsp3) is 0.321. The second-order valence-corrected chi connectivity index (χ2v) is 10.5. The van der Waals surface area contributed by atoms with Crippen molar-refractivity contribution in [2.75, 3.05) is 0 Å². The van der Waals surface area contributed by atoms with Gasteiger partial charge in [-0.15, -0.1) is 11.8 Å². The van der Waals surface area contributed by atoms with E-state index in [2.05, 4.69) is 41.3 Å². The van der Waals surface area contributed by atoms with Crippen LogP contribution < -0.4 is 4.74 Å². The number of halogens is 1. The fourth-order valence-corrected chi connectivity index (χ4v) is 6.05. The highest BCUT2D eigenvalue weighted by Crippen LogP contribution is 2.39. The molecule has 0 aliphatic carbocycles. The summed E-state index contributed by atoms with van der Waals surface area (Å²) in [4.78, 5) is 16.7. The molecule has 3 nitrogen and oxygen atoms in total. The second kappa shape index (κ2) is 9.82. The molecule has 0 saturated carbocycles. The van der Waals surface area contributed by atoms with E-state index in [9.17, 15) is 4.79 Å². The van der Waals surface area contributed by atoms with Crippen LogP contribution in [0, 0.1) is 6.92 Å². The number of amides is 1. The summed E-state index contributed by atoms with van der Waals surface area (Å²) < 4.78 is 6.29. The van der Waals surface area contributed by atoms with Crippen LogP contribution in [0.5, 0.6) is 5.75 Å². The number of benzene rings is 3. The summed E-state index contributed by atoms with van der Waals surface area (Å²) in [6, 6.07) is 24.9. The van der Waals surface area contributed by atoms with E-state index in [1.807, 2.05) is 55.1 Å². The van der Waals surface area contributed by atoms with Crippen LogP contribution in [0.1, 0.15) is 47.2 Å². The molecule has 0 aromatic heterocycles. The van der Waals surface area contributed by atoms with E-state index < -0.39 is 0 Å². The molecule has 170 valence electrons. The van der Waals surface area contributed by atoms with Gasteiger partial charge < -0.3 is 9.64 Å². The number of fused-ring (bicyclic) bond motifs is 2. The summed E-state index contributed by atoms with van der Waals surface area (Å²) in [7, 11) is 0. The average Bonchev–Trinajstić information content (AvgIpc) is 3.10. The van der Waals surface area contributed by atoms with Crippen molar-refractivity contribution < 1.29 is 9.53 Å². The van der Waals surface area contributed by atoms with Gasteiger partial charge in [0.25, 0.3) is 5.91 Å². The molecule has 2 aliphatic rings. The highest BCUT2D eigenvalue weighted by Gasteiger charge is 2.44. The largest absolute Gasteiger partial charge is 0.489 e. The quantitative estimate of drug-likeness (QED) is 0.353. The van der Waals surface area contributed by atoms with Crippen molar-refractivity contribution in [2.45, 2.75) is 61.4 Å². The zero-order valence-corrected chi connectivity index (χ0v) is 20.3. The maximum atomic E-state index is 13.4. The number of rotatable bonds is 6. The van der Waals surface area contributed by atoms with Gasteiger partial charge in [-0.2, -0.15) is 0 Å². The molecule has 2 fully saturated rings. The maximum Gasteiger partial charge on any atom is 0.254 e. The number of carbonyl (C=O) groups is 1. The Hall–Kier alpha value is -2.43. The normalized spacial score (nSPS) is 21.8. The summed E-state index contributed by atoms with van der Waals surface area (Å²) in [5, 5.41) is 0.650. The number of nitrogens with zero attached hydrogens (tertiary/aromatic N) is 1. The number of hydrogen-bond acceptors (Lipinski definition) is 3. The van der Waals surface area contributed by atoms with E-state index in [4.69, 9.17) is 16.3 Å². The molecule has 2 heterocycles. The molecule has 0 radical (unpaired) electrons. The molecule has 2 aliphatic heterocycles. The third-order valence-corrected chi connectivity index (χ3v) is 8.05. The third-order valence-electron chi connectivity index (χ3n) is 6.65. The first-order valence-electron chi connectivity index (χ1n) is 11.6. The molecule has 5 rings (SSSR count). The van der Waals surface area contributed by atoms with Crippen LogP contribution in [-0.4, -0.2) is 29.0 Å². The van der Waals surface area contributed by atoms with Crippen molar-refractivity contribution >= 4 is 29.3 Å². The molecule has 0 N–H and O–H groups in total. The predicted molar refractivity (Wildman–Crippen MR) is 135 cm³/mol. The van der Waals surface area contributed by atoms with Crippen molar-refractivity contribution in [2.24, 2.45) is 0 Å². The van der Waals surface area contributed by atoms with Crippen molar-refractivity contribution in [1.29, 1.82) is 0 Å². The molecular weight excluding hydrogens is 450 g/mol. The van der Waals surface area contributed by atoms with E-state index in [-0.39, 0.29) is 24.1 Å². The molecule has 2 unspecified atom stereocenters. The van der Waals surface area contributed by atoms with Crippen LogP contribution in [0.4, 0.5) is 0 Å². The molecule has 2 saturated heterocycles. The first-order chi connectivity index (χ1) is 16.1. The number of carbonyl (C=O) groups excluding carboxylic acids is 1. The molecule has 1 amide bonds. The zero-order valence-electron chi connectivity index (χ0n) is 18.7. The SMILES string of the molecule is Cc1ccc(Cl)c(OC2CC3CCC(C2)N3C(=O)c2ccc(CSc3ccccc3)cc2)c1. The number of thioether (sulfide) groups is 1. The van der Waals surface area contributed by atoms with Crippen molar-refractivity contribution in [1.82, 2.24) is 4.90 Å². The summed E-state index contributed by atoms with van der Waals surface area (Å²) >= 11 is 8.15. The second-order valence-electron chi connectivity index (χ2n) is 9.04. The lowest BCUT2D eigenvalue weighted by Crippen LogP contribution is -2.49. The lowest BCUT2D eigenvalue weighted by atomic mass is 9.98. The average molecular weight is 478 g/mol.